The van der Waals surface area contributed by atoms with Gasteiger partial charge in [0.1, 0.15) is 0 Å². The van der Waals surface area contributed by atoms with E-state index in [1.807, 2.05) is 36.1 Å². The van der Waals surface area contributed by atoms with Crippen molar-refractivity contribution in [3.63, 3.8) is 0 Å². The van der Waals surface area contributed by atoms with Gasteiger partial charge in [0.05, 0.1) is 0 Å². The summed E-state index contributed by atoms with van der Waals surface area (Å²) in [6, 6.07) is 8.29. The Morgan fingerprint density at radius 3 is 2.96 bits per heavy atom. The topological polar surface area (TPSA) is 59.2 Å². The van der Waals surface area contributed by atoms with E-state index in [9.17, 15) is 4.79 Å². The Labute approximate surface area is 136 Å². The van der Waals surface area contributed by atoms with Gasteiger partial charge in [-0.05, 0) is 38.7 Å². The van der Waals surface area contributed by atoms with E-state index in [0.717, 1.165) is 30.5 Å². The smallest absolute Gasteiger partial charge is 0.227 e. The van der Waals surface area contributed by atoms with Crippen LogP contribution in [-0.2, 0) is 11.2 Å². The lowest BCUT2D eigenvalue weighted by Crippen LogP contribution is -2.42. The first-order valence-corrected chi connectivity index (χ1v) is 8.33. The maximum absolute atomic E-state index is 12.3. The summed E-state index contributed by atoms with van der Waals surface area (Å²) in [5, 5.41) is 4.04. The molecular formula is C18H23N3O2. The molecule has 1 aromatic heterocycles. The summed E-state index contributed by atoms with van der Waals surface area (Å²) in [6.45, 7) is 5.02. The zero-order valence-electron chi connectivity index (χ0n) is 13.8. The van der Waals surface area contributed by atoms with E-state index >= 15 is 0 Å². The van der Waals surface area contributed by atoms with Gasteiger partial charge in [0.25, 0.3) is 0 Å². The number of hydrogen-bond donors (Lipinski definition) is 0. The largest absolute Gasteiger partial charge is 0.340 e. The number of piperidine rings is 1. The molecule has 1 aliphatic heterocycles. The summed E-state index contributed by atoms with van der Waals surface area (Å²) in [5.74, 6) is 1.31. The van der Waals surface area contributed by atoms with E-state index in [-0.39, 0.29) is 5.91 Å². The Hall–Kier alpha value is -2.17. The lowest BCUT2D eigenvalue weighted by molar-refractivity contribution is -0.134. The van der Waals surface area contributed by atoms with Crippen molar-refractivity contribution in [2.45, 2.75) is 52.0 Å². The van der Waals surface area contributed by atoms with Crippen molar-refractivity contribution in [2.24, 2.45) is 0 Å². The molecule has 3 rings (SSSR count). The Kier molecular flexibility index (Phi) is 4.74. The molecule has 0 spiro atoms. The number of aryl methyl sites for hydroxylation is 2. The van der Waals surface area contributed by atoms with E-state index in [2.05, 4.69) is 17.1 Å². The number of nitrogens with zero attached hydrogens (tertiary/aromatic N) is 3. The summed E-state index contributed by atoms with van der Waals surface area (Å²) in [4.78, 5) is 18.8. The standard InChI is InChI=1S/C18H23N3O2/c1-13-7-3-4-9-15(13)18-19-16(23-20-18)10-11-17(22)21-12-6-5-8-14(21)2/h3-4,7,9,14H,5-6,8,10-12H2,1-2H3/t14-/m1/s1. The fourth-order valence-electron chi connectivity index (χ4n) is 3.12. The summed E-state index contributed by atoms with van der Waals surface area (Å²) < 4.78 is 5.31. The SMILES string of the molecule is Cc1ccccc1-c1noc(CCC(=O)N2CCCC[C@H]2C)n1. The average molecular weight is 313 g/mol. The van der Waals surface area contributed by atoms with Crippen molar-refractivity contribution >= 4 is 5.91 Å². The highest BCUT2D eigenvalue weighted by Gasteiger charge is 2.23. The second-order valence-electron chi connectivity index (χ2n) is 6.26. The fourth-order valence-corrected chi connectivity index (χ4v) is 3.12. The Morgan fingerprint density at radius 1 is 1.35 bits per heavy atom. The number of rotatable bonds is 4. The van der Waals surface area contributed by atoms with Crippen LogP contribution in [0.15, 0.2) is 28.8 Å². The van der Waals surface area contributed by atoms with Crippen LogP contribution in [0.3, 0.4) is 0 Å². The van der Waals surface area contributed by atoms with Gasteiger partial charge in [-0.15, -0.1) is 0 Å². The second-order valence-corrected chi connectivity index (χ2v) is 6.26. The van der Waals surface area contributed by atoms with Crippen molar-refractivity contribution < 1.29 is 9.32 Å². The molecule has 0 radical (unpaired) electrons. The lowest BCUT2D eigenvalue weighted by atomic mass is 10.0. The highest BCUT2D eigenvalue weighted by Crippen LogP contribution is 2.21. The summed E-state index contributed by atoms with van der Waals surface area (Å²) >= 11 is 0. The number of carbonyl (C=O) groups is 1. The molecular weight excluding hydrogens is 290 g/mol. The van der Waals surface area contributed by atoms with Crippen LogP contribution >= 0.6 is 0 Å². The van der Waals surface area contributed by atoms with Crippen LogP contribution in [0.4, 0.5) is 0 Å². The highest BCUT2D eigenvalue weighted by molar-refractivity contribution is 5.76. The van der Waals surface area contributed by atoms with Crippen LogP contribution in [0.2, 0.25) is 0 Å². The minimum absolute atomic E-state index is 0.188. The van der Waals surface area contributed by atoms with Crippen LogP contribution in [-0.4, -0.2) is 33.5 Å². The minimum Gasteiger partial charge on any atom is -0.340 e. The molecule has 122 valence electrons. The first-order chi connectivity index (χ1) is 11.1. The van der Waals surface area contributed by atoms with Crippen molar-refractivity contribution in [1.29, 1.82) is 0 Å². The van der Waals surface area contributed by atoms with Crippen molar-refractivity contribution in [2.75, 3.05) is 6.54 Å². The maximum atomic E-state index is 12.3. The highest BCUT2D eigenvalue weighted by atomic mass is 16.5. The quantitative estimate of drug-likeness (QED) is 0.868. The molecule has 1 atom stereocenters. The predicted molar refractivity (Wildman–Crippen MR) is 87.8 cm³/mol. The molecule has 0 aliphatic carbocycles. The molecule has 0 saturated carbocycles. The first-order valence-electron chi connectivity index (χ1n) is 8.33. The van der Waals surface area contributed by atoms with Gasteiger partial charge in [-0.3, -0.25) is 4.79 Å². The zero-order valence-corrected chi connectivity index (χ0v) is 13.8. The molecule has 23 heavy (non-hydrogen) atoms. The van der Waals surface area contributed by atoms with Gasteiger partial charge in [0.2, 0.25) is 17.6 Å². The molecule has 1 fully saturated rings. The summed E-state index contributed by atoms with van der Waals surface area (Å²) in [6.07, 6.45) is 4.35. The number of aromatic nitrogens is 2. The third-order valence-electron chi connectivity index (χ3n) is 4.53. The number of hydrogen-bond acceptors (Lipinski definition) is 4. The van der Waals surface area contributed by atoms with Crippen molar-refractivity contribution in [3.8, 4) is 11.4 Å². The molecule has 5 nitrogen and oxygen atoms in total. The third kappa shape index (κ3) is 3.60. The third-order valence-corrected chi connectivity index (χ3v) is 4.53. The average Bonchev–Trinajstić information content (AvgIpc) is 3.02. The molecule has 2 aromatic rings. The monoisotopic (exact) mass is 313 g/mol. The second kappa shape index (κ2) is 6.94. The van der Waals surface area contributed by atoms with Crippen LogP contribution in [0, 0.1) is 6.92 Å². The van der Waals surface area contributed by atoms with Crippen molar-refractivity contribution in [1.82, 2.24) is 15.0 Å². The Morgan fingerprint density at radius 2 is 2.17 bits per heavy atom. The Balaban J connectivity index is 1.61. The van der Waals surface area contributed by atoms with E-state index in [1.165, 1.54) is 6.42 Å². The van der Waals surface area contributed by atoms with E-state index < -0.39 is 0 Å². The van der Waals surface area contributed by atoms with Crippen LogP contribution in [0.5, 0.6) is 0 Å². The zero-order chi connectivity index (χ0) is 16.2. The normalized spacial score (nSPS) is 18.2. The number of likely N-dealkylation sites (tertiary alicyclic amines) is 1. The molecule has 5 heteroatoms. The molecule has 0 bridgehead atoms. The first kappa shape index (κ1) is 15.7. The summed E-state index contributed by atoms with van der Waals surface area (Å²) in [7, 11) is 0. The van der Waals surface area contributed by atoms with Gasteiger partial charge in [0.15, 0.2) is 0 Å². The number of benzene rings is 1. The van der Waals surface area contributed by atoms with Crippen LogP contribution in [0.25, 0.3) is 11.4 Å². The fraction of sp³-hybridized carbons (Fsp3) is 0.500. The van der Waals surface area contributed by atoms with E-state index in [0.29, 0.717) is 30.6 Å². The van der Waals surface area contributed by atoms with Crippen molar-refractivity contribution in [3.05, 3.63) is 35.7 Å². The molecule has 2 heterocycles. The van der Waals surface area contributed by atoms with E-state index in [4.69, 9.17) is 4.52 Å². The van der Waals surface area contributed by atoms with Gasteiger partial charge < -0.3 is 9.42 Å². The molecule has 0 N–H and O–H groups in total. The molecule has 1 saturated heterocycles. The number of carbonyl (C=O) groups excluding carboxylic acids is 1. The molecule has 1 aromatic carbocycles. The molecule has 1 aliphatic rings. The van der Waals surface area contributed by atoms with Gasteiger partial charge >= 0.3 is 0 Å². The summed E-state index contributed by atoms with van der Waals surface area (Å²) in [5.41, 5.74) is 2.08. The van der Waals surface area contributed by atoms with Gasteiger partial charge in [-0.2, -0.15) is 4.98 Å². The molecule has 1 amide bonds. The lowest BCUT2D eigenvalue weighted by Gasteiger charge is -2.33. The van der Waals surface area contributed by atoms with Crippen LogP contribution < -0.4 is 0 Å². The molecule has 0 unspecified atom stereocenters. The van der Waals surface area contributed by atoms with Gasteiger partial charge in [-0.25, -0.2) is 0 Å². The van der Waals surface area contributed by atoms with Gasteiger partial charge in [-0.1, -0.05) is 29.4 Å². The van der Waals surface area contributed by atoms with E-state index in [1.54, 1.807) is 0 Å². The Bertz CT molecular complexity index is 680. The minimum atomic E-state index is 0.188. The predicted octanol–water partition coefficient (Wildman–Crippen LogP) is 3.38. The van der Waals surface area contributed by atoms with Crippen LogP contribution in [0.1, 0.15) is 44.1 Å². The maximum Gasteiger partial charge on any atom is 0.227 e. The van der Waals surface area contributed by atoms with Gasteiger partial charge in [0, 0.05) is 31.0 Å². The number of amides is 1.